The van der Waals surface area contributed by atoms with E-state index in [1.807, 2.05) is 0 Å². The third-order valence-corrected chi connectivity index (χ3v) is 6.32. The topological polar surface area (TPSA) is 271 Å². The standard InChI is InChI=1S/C28H35N5O10/c29-19(9-11-23(30)36)25(39)31-20(10-12-24(37)38)26(40)32-21(13-15-1-5-17(34)6-2-15)27(41)33-22(28(42)43)14-16-3-7-18(35)8-4-16/h1-8,19-22,34-35H,9-14,29H2,(H2,30,36)(H,31,39)(H,32,40)(H,33,41)(H,37,38)(H,42,43). The molecule has 0 fully saturated rings. The molecule has 2 rings (SSSR count). The summed E-state index contributed by atoms with van der Waals surface area (Å²) in [5.74, 6) is -6.11. The van der Waals surface area contributed by atoms with Gasteiger partial charge in [0.05, 0.1) is 6.04 Å². The number of primary amides is 1. The SMILES string of the molecule is NC(=O)CCC(N)C(=O)NC(CCC(=O)O)C(=O)NC(Cc1ccc(O)cc1)C(=O)NC(Cc1ccc(O)cc1)C(=O)O. The van der Waals surface area contributed by atoms with E-state index in [0.29, 0.717) is 11.1 Å². The number of carbonyl (C=O) groups excluding carboxylic acids is 4. The second kappa shape index (κ2) is 16.3. The van der Waals surface area contributed by atoms with Gasteiger partial charge in [-0.1, -0.05) is 24.3 Å². The number of phenolic OH excluding ortho intramolecular Hbond substituents is 2. The summed E-state index contributed by atoms with van der Waals surface area (Å²) in [6.45, 7) is 0. The fraction of sp³-hybridized carbons (Fsp3) is 0.357. The monoisotopic (exact) mass is 601 g/mol. The Hall–Kier alpha value is -5.18. The fourth-order valence-corrected chi connectivity index (χ4v) is 3.93. The van der Waals surface area contributed by atoms with Crippen LogP contribution in [0.2, 0.25) is 0 Å². The van der Waals surface area contributed by atoms with Crippen molar-refractivity contribution < 1.29 is 49.2 Å². The van der Waals surface area contributed by atoms with E-state index in [9.17, 15) is 44.1 Å². The molecule has 15 heteroatoms. The minimum absolute atomic E-state index is 0.0327. The largest absolute Gasteiger partial charge is 0.508 e. The molecule has 0 saturated heterocycles. The molecule has 43 heavy (non-hydrogen) atoms. The summed E-state index contributed by atoms with van der Waals surface area (Å²) in [7, 11) is 0. The van der Waals surface area contributed by atoms with Gasteiger partial charge in [0.1, 0.15) is 29.6 Å². The van der Waals surface area contributed by atoms with E-state index in [1.165, 1.54) is 48.5 Å². The molecular weight excluding hydrogens is 566 g/mol. The van der Waals surface area contributed by atoms with E-state index >= 15 is 0 Å². The lowest BCUT2D eigenvalue weighted by atomic mass is 10.0. The Morgan fingerprint density at radius 2 is 1.07 bits per heavy atom. The summed E-state index contributed by atoms with van der Waals surface area (Å²) >= 11 is 0. The maximum absolute atomic E-state index is 13.4. The van der Waals surface area contributed by atoms with Gasteiger partial charge in [-0.3, -0.25) is 24.0 Å². The normalized spacial score (nSPS) is 13.5. The van der Waals surface area contributed by atoms with E-state index in [0.717, 1.165) is 0 Å². The zero-order chi connectivity index (χ0) is 32.1. The van der Waals surface area contributed by atoms with Crippen molar-refractivity contribution in [2.75, 3.05) is 0 Å². The number of phenols is 2. The zero-order valence-corrected chi connectivity index (χ0v) is 23.1. The molecule has 0 saturated carbocycles. The quantitative estimate of drug-likeness (QED) is 0.105. The van der Waals surface area contributed by atoms with Gasteiger partial charge in [0.15, 0.2) is 0 Å². The third kappa shape index (κ3) is 12.1. The number of rotatable bonds is 17. The molecule has 0 spiro atoms. The molecule has 4 atom stereocenters. The first-order valence-corrected chi connectivity index (χ1v) is 13.2. The number of aromatic hydroxyl groups is 2. The average Bonchev–Trinajstić information content (AvgIpc) is 2.94. The van der Waals surface area contributed by atoms with Crippen LogP contribution in [0, 0.1) is 0 Å². The Kier molecular flexibility index (Phi) is 12.9. The highest BCUT2D eigenvalue weighted by Gasteiger charge is 2.31. The number of carbonyl (C=O) groups is 6. The summed E-state index contributed by atoms with van der Waals surface area (Å²) in [5.41, 5.74) is 11.8. The molecule has 15 nitrogen and oxygen atoms in total. The van der Waals surface area contributed by atoms with Crippen LogP contribution in [-0.4, -0.2) is 80.2 Å². The number of carboxylic acids is 2. The fourth-order valence-electron chi connectivity index (χ4n) is 3.93. The van der Waals surface area contributed by atoms with E-state index in [2.05, 4.69) is 16.0 Å². The molecule has 0 radical (unpaired) electrons. The maximum Gasteiger partial charge on any atom is 0.326 e. The zero-order valence-electron chi connectivity index (χ0n) is 23.1. The second-order valence-electron chi connectivity index (χ2n) is 9.81. The molecule has 0 aliphatic rings. The summed E-state index contributed by atoms with van der Waals surface area (Å²) in [6, 6.07) is 5.82. The Bertz CT molecular complexity index is 1300. The summed E-state index contributed by atoms with van der Waals surface area (Å²) in [5, 5.41) is 45.1. The van der Waals surface area contributed by atoms with E-state index in [1.54, 1.807) is 0 Å². The molecule has 2 aromatic rings. The van der Waals surface area contributed by atoms with Crippen molar-refractivity contribution in [1.29, 1.82) is 0 Å². The Labute approximate surface area is 246 Å². The van der Waals surface area contributed by atoms with Crippen molar-refractivity contribution in [2.45, 2.75) is 62.7 Å². The number of hydrogen-bond acceptors (Lipinski definition) is 9. The van der Waals surface area contributed by atoms with Gasteiger partial charge in [0.25, 0.3) is 0 Å². The van der Waals surface area contributed by atoms with Gasteiger partial charge in [0, 0.05) is 25.7 Å². The van der Waals surface area contributed by atoms with Crippen LogP contribution in [0.15, 0.2) is 48.5 Å². The van der Waals surface area contributed by atoms with Gasteiger partial charge in [0.2, 0.25) is 23.6 Å². The highest BCUT2D eigenvalue weighted by Crippen LogP contribution is 2.14. The van der Waals surface area contributed by atoms with Crippen LogP contribution in [0.3, 0.4) is 0 Å². The van der Waals surface area contributed by atoms with Crippen molar-refractivity contribution >= 4 is 35.6 Å². The van der Waals surface area contributed by atoms with Crippen LogP contribution in [0.4, 0.5) is 0 Å². The van der Waals surface area contributed by atoms with Crippen LogP contribution >= 0.6 is 0 Å². The van der Waals surface area contributed by atoms with Gasteiger partial charge < -0.3 is 47.8 Å². The predicted molar refractivity (Wildman–Crippen MR) is 150 cm³/mol. The molecule has 0 bridgehead atoms. The molecule has 4 amide bonds. The van der Waals surface area contributed by atoms with Crippen molar-refractivity contribution in [3.05, 3.63) is 59.7 Å². The van der Waals surface area contributed by atoms with Crippen LogP contribution < -0.4 is 27.4 Å². The van der Waals surface area contributed by atoms with Gasteiger partial charge in [-0.05, 0) is 48.2 Å². The van der Waals surface area contributed by atoms with Crippen LogP contribution in [-0.2, 0) is 41.6 Å². The molecule has 0 aromatic heterocycles. The first-order valence-electron chi connectivity index (χ1n) is 13.2. The van der Waals surface area contributed by atoms with E-state index < -0.39 is 66.2 Å². The lowest BCUT2D eigenvalue weighted by Gasteiger charge is -2.25. The van der Waals surface area contributed by atoms with Crippen LogP contribution in [0.1, 0.15) is 36.8 Å². The number of benzene rings is 2. The molecule has 4 unspecified atom stereocenters. The van der Waals surface area contributed by atoms with Gasteiger partial charge in [-0.15, -0.1) is 0 Å². The Morgan fingerprint density at radius 3 is 1.53 bits per heavy atom. The third-order valence-electron chi connectivity index (χ3n) is 6.32. The minimum Gasteiger partial charge on any atom is -0.508 e. The number of amides is 4. The molecule has 2 aromatic carbocycles. The van der Waals surface area contributed by atoms with Gasteiger partial charge in [-0.2, -0.15) is 0 Å². The van der Waals surface area contributed by atoms with Gasteiger partial charge >= 0.3 is 11.9 Å². The molecule has 11 N–H and O–H groups in total. The smallest absolute Gasteiger partial charge is 0.326 e. The lowest BCUT2D eigenvalue weighted by molar-refractivity contribution is -0.142. The summed E-state index contributed by atoms with van der Waals surface area (Å²) in [4.78, 5) is 73.4. The predicted octanol–water partition coefficient (Wildman–Crippen LogP) is -1.12. The lowest BCUT2D eigenvalue weighted by Crippen LogP contribution is -2.58. The Morgan fingerprint density at radius 1 is 0.628 bits per heavy atom. The van der Waals surface area contributed by atoms with E-state index in [4.69, 9.17) is 16.6 Å². The van der Waals surface area contributed by atoms with Crippen LogP contribution in [0.5, 0.6) is 11.5 Å². The van der Waals surface area contributed by atoms with Crippen molar-refractivity contribution in [3.63, 3.8) is 0 Å². The Balaban J connectivity index is 2.28. The number of carboxylic acid groups (broad SMARTS) is 2. The van der Waals surface area contributed by atoms with E-state index in [-0.39, 0.29) is 43.6 Å². The maximum atomic E-state index is 13.4. The molecule has 232 valence electrons. The first kappa shape index (κ1) is 34.0. The second-order valence-corrected chi connectivity index (χ2v) is 9.81. The summed E-state index contributed by atoms with van der Waals surface area (Å²) in [6.07, 6.45) is -1.55. The van der Waals surface area contributed by atoms with Crippen molar-refractivity contribution in [2.24, 2.45) is 11.5 Å². The highest BCUT2D eigenvalue weighted by molar-refractivity contribution is 5.94. The van der Waals surface area contributed by atoms with Crippen molar-refractivity contribution in [3.8, 4) is 11.5 Å². The number of hydrogen-bond donors (Lipinski definition) is 9. The minimum atomic E-state index is -1.45. The summed E-state index contributed by atoms with van der Waals surface area (Å²) < 4.78 is 0. The molecular formula is C28H35N5O10. The first-order chi connectivity index (χ1) is 20.2. The van der Waals surface area contributed by atoms with Crippen LogP contribution in [0.25, 0.3) is 0 Å². The van der Waals surface area contributed by atoms with Crippen molar-refractivity contribution in [1.82, 2.24) is 16.0 Å². The molecule has 0 aliphatic heterocycles. The molecule has 0 heterocycles. The molecule has 0 aliphatic carbocycles. The number of nitrogens with two attached hydrogens (primary N) is 2. The average molecular weight is 602 g/mol. The van der Waals surface area contributed by atoms with Gasteiger partial charge in [-0.25, -0.2) is 4.79 Å². The number of aliphatic carboxylic acids is 2. The number of nitrogens with one attached hydrogen (secondary N) is 3. The highest BCUT2D eigenvalue weighted by atomic mass is 16.4.